The highest BCUT2D eigenvalue weighted by atomic mass is 32.2. The number of carbonyl (C=O) groups is 1. The van der Waals surface area contributed by atoms with E-state index < -0.39 is 10.0 Å². The molecule has 0 spiro atoms. The van der Waals surface area contributed by atoms with Crippen LogP contribution in [0.3, 0.4) is 0 Å². The van der Waals surface area contributed by atoms with Crippen molar-refractivity contribution in [1.82, 2.24) is 10.3 Å². The minimum Gasteiger partial charge on any atom is -0.348 e. The Hall–Kier alpha value is -1.93. The molecule has 0 atom stereocenters. The van der Waals surface area contributed by atoms with Crippen LogP contribution in [-0.4, -0.2) is 25.4 Å². The Morgan fingerprint density at radius 2 is 1.88 bits per heavy atom. The second-order valence-electron chi connectivity index (χ2n) is 5.91. The van der Waals surface area contributed by atoms with Crippen LogP contribution in [0.2, 0.25) is 0 Å². The number of anilines is 1. The predicted octanol–water partition coefficient (Wildman–Crippen LogP) is 2.92. The molecular weight excluding hydrogens is 346 g/mol. The average Bonchev–Trinajstić information content (AvgIpc) is 3.19. The Kier molecular flexibility index (Phi) is 4.86. The highest BCUT2D eigenvalue weighted by Gasteiger charge is 2.21. The molecule has 2 N–H and O–H groups in total. The molecule has 8 heteroatoms. The van der Waals surface area contributed by atoms with Gasteiger partial charge in [0.1, 0.15) is 5.69 Å². The lowest BCUT2D eigenvalue weighted by atomic mass is 10.2. The molecule has 0 bridgehead atoms. The predicted molar refractivity (Wildman–Crippen MR) is 93.8 cm³/mol. The summed E-state index contributed by atoms with van der Waals surface area (Å²) in [6.45, 7) is 1.89. The van der Waals surface area contributed by atoms with Crippen LogP contribution < -0.4 is 10.0 Å². The van der Waals surface area contributed by atoms with Crippen molar-refractivity contribution in [3.8, 4) is 0 Å². The molecule has 1 amide bonds. The molecule has 0 unspecified atom stereocenters. The number of aryl methyl sites for hydroxylation is 1. The molecule has 24 heavy (non-hydrogen) atoms. The van der Waals surface area contributed by atoms with E-state index in [2.05, 4.69) is 15.0 Å². The van der Waals surface area contributed by atoms with Gasteiger partial charge in [-0.2, -0.15) is 0 Å². The van der Waals surface area contributed by atoms with E-state index in [1.165, 1.54) is 0 Å². The topological polar surface area (TPSA) is 88.2 Å². The summed E-state index contributed by atoms with van der Waals surface area (Å²) in [6, 6.07) is 6.75. The molecule has 0 aliphatic heterocycles. The summed E-state index contributed by atoms with van der Waals surface area (Å²) in [5.74, 6) is -0.251. The third kappa shape index (κ3) is 3.93. The molecule has 1 heterocycles. The van der Waals surface area contributed by atoms with Gasteiger partial charge in [-0.15, -0.1) is 11.3 Å². The number of amides is 1. The second-order valence-corrected chi connectivity index (χ2v) is 8.45. The van der Waals surface area contributed by atoms with Crippen LogP contribution in [0.1, 0.15) is 41.7 Å². The number of benzene rings is 1. The van der Waals surface area contributed by atoms with Crippen LogP contribution in [0.4, 0.5) is 5.13 Å². The van der Waals surface area contributed by atoms with Gasteiger partial charge in [-0.25, -0.2) is 13.4 Å². The number of rotatable bonds is 5. The maximum Gasteiger partial charge on any atom is 0.271 e. The Labute approximate surface area is 145 Å². The lowest BCUT2D eigenvalue weighted by molar-refractivity contribution is 0.0933. The standard InChI is InChI=1S/C16H19N3O3S2/c1-11-6-8-13(9-7-11)24(21,22)19-16-18-14(10-23-16)15(20)17-12-4-2-3-5-12/h6-10,12H,2-5H2,1H3,(H,17,20)(H,18,19). The summed E-state index contributed by atoms with van der Waals surface area (Å²) >= 11 is 1.10. The monoisotopic (exact) mass is 365 g/mol. The highest BCUT2D eigenvalue weighted by molar-refractivity contribution is 7.93. The van der Waals surface area contributed by atoms with Gasteiger partial charge in [0, 0.05) is 11.4 Å². The zero-order valence-electron chi connectivity index (χ0n) is 13.3. The van der Waals surface area contributed by atoms with Crippen molar-refractivity contribution < 1.29 is 13.2 Å². The quantitative estimate of drug-likeness (QED) is 0.853. The fourth-order valence-electron chi connectivity index (χ4n) is 2.65. The maximum absolute atomic E-state index is 12.3. The van der Waals surface area contributed by atoms with Gasteiger partial charge in [0.05, 0.1) is 4.90 Å². The number of nitrogens with one attached hydrogen (secondary N) is 2. The van der Waals surface area contributed by atoms with E-state index >= 15 is 0 Å². The zero-order valence-corrected chi connectivity index (χ0v) is 14.9. The SMILES string of the molecule is Cc1ccc(S(=O)(=O)Nc2nc(C(=O)NC3CCCC3)cs2)cc1. The smallest absolute Gasteiger partial charge is 0.271 e. The minimum atomic E-state index is -3.70. The van der Waals surface area contributed by atoms with Crippen molar-refractivity contribution in [2.24, 2.45) is 0 Å². The minimum absolute atomic E-state index is 0.167. The highest BCUT2D eigenvalue weighted by Crippen LogP contribution is 2.22. The van der Waals surface area contributed by atoms with Crippen molar-refractivity contribution in [3.63, 3.8) is 0 Å². The molecule has 1 fully saturated rings. The number of sulfonamides is 1. The van der Waals surface area contributed by atoms with E-state index in [4.69, 9.17) is 0 Å². The summed E-state index contributed by atoms with van der Waals surface area (Å²) in [5, 5.41) is 4.69. The lowest BCUT2D eigenvalue weighted by Crippen LogP contribution is -2.32. The Bertz CT molecular complexity index is 823. The lowest BCUT2D eigenvalue weighted by Gasteiger charge is -2.10. The first-order chi connectivity index (χ1) is 11.4. The molecule has 6 nitrogen and oxygen atoms in total. The van der Waals surface area contributed by atoms with Crippen LogP contribution in [0.15, 0.2) is 34.5 Å². The van der Waals surface area contributed by atoms with E-state index in [1.807, 2.05) is 6.92 Å². The molecule has 3 rings (SSSR count). The normalized spacial score (nSPS) is 15.4. The van der Waals surface area contributed by atoms with E-state index in [0.717, 1.165) is 42.6 Å². The van der Waals surface area contributed by atoms with E-state index in [1.54, 1.807) is 29.6 Å². The van der Waals surface area contributed by atoms with Crippen molar-refractivity contribution >= 4 is 32.4 Å². The summed E-state index contributed by atoms with van der Waals surface area (Å²) in [7, 11) is -3.70. The molecule has 2 aromatic rings. The number of thiazole rings is 1. The van der Waals surface area contributed by atoms with Crippen molar-refractivity contribution in [1.29, 1.82) is 0 Å². The number of carbonyl (C=O) groups excluding carboxylic acids is 1. The third-order valence-electron chi connectivity index (χ3n) is 3.98. The largest absolute Gasteiger partial charge is 0.348 e. The van der Waals surface area contributed by atoms with Crippen LogP contribution in [0, 0.1) is 6.92 Å². The van der Waals surface area contributed by atoms with Gasteiger partial charge in [-0.05, 0) is 31.9 Å². The number of hydrogen-bond donors (Lipinski definition) is 2. The molecule has 0 radical (unpaired) electrons. The van der Waals surface area contributed by atoms with Gasteiger partial charge in [0.2, 0.25) is 0 Å². The van der Waals surface area contributed by atoms with Gasteiger partial charge < -0.3 is 5.32 Å². The van der Waals surface area contributed by atoms with Crippen molar-refractivity contribution in [3.05, 3.63) is 40.9 Å². The van der Waals surface area contributed by atoms with Crippen LogP contribution in [0.25, 0.3) is 0 Å². The van der Waals surface area contributed by atoms with E-state index in [0.29, 0.717) is 0 Å². The Morgan fingerprint density at radius 3 is 2.54 bits per heavy atom. The molecule has 128 valence electrons. The van der Waals surface area contributed by atoms with Gasteiger partial charge >= 0.3 is 0 Å². The van der Waals surface area contributed by atoms with Gasteiger partial charge in [-0.3, -0.25) is 9.52 Å². The third-order valence-corrected chi connectivity index (χ3v) is 6.22. The molecule has 1 aliphatic carbocycles. The van der Waals surface area contributed by atoms with E-state index in [9.17, 15) is 13.2 Å². The number of nitrogens with zero attached hydrogens (tertiary/aromatic N) is 1. The van der Waals surface area contributed by atoms with Gasteiger partial charge in [0.25, 0.3) is 15.9 Å². The molecule has 1 aromatic heterocycles. The van der Waals surface area contributed by atoms with Crippen LogP contribution in [0.5, 0.6) is 0 Å². The molecule has 1 aliphatic rings. The summed E-state index contributed by atoms with van der Waals surface area (Å²) in [4.78, 5) is 16.4. The summed E-state index contributed by atoms with van der Waals surface area (Å²) in [6.07, 6.45) is 4.23. The Balaban J connectivity index is 1.68. The Morgan fingerprint density at radius 1 is 1.21 bits per heavy atom. The fourth-order valence-corrected chi connectivity index (χ4v) is 4.59. The van der Waals surface area contributed by atoms with Crippen molar-refractivity contribution in [2.45, 2.75) is 43.5 Å². The van der Waals surface area contributed by atoms with Gasteiger partial charge in [-0.1, -0.05) is 30.5 Å². The number of hydrogen-bond acceptors (Lipinski definition) is 5. The van der Waals surface area contributed by atoms with Gasteiger partial charge in [0.15, 0.2) is 5.13 Å². The molecule has 1 saturated carbocycles. The maximum atomic E-state index is 12.3. The van der Waals surface area contributed by atoms with Crippen molar-refractivity contribution in [2.75, 3.05) is 4.72 Å². The van der Waals surface area contributed by atoms with Crippen LogP contribution in [-0.2, 0) is 10.0 Å². The first-order valence-electron chi connectivity index (χ1n) is 7.80. The average molecular weight is 365 g/mol. The first kappa shape index (κ1) is 16.9. The summed E-state index contributed by atoms with van der Waals surface area (Å²) in [5.41, 5.74) is 1.22. The number of aromatic nitrogens is 1. The zero-order chi connectivity index (χ0) is 17.2. The first-order valence-corrected chi connectivity index (χ1v) is 10.2. The second kappa shape index (κ2) is 6.90. The fraction of sp³-hybridized carbons (Fsp3) is 0.375. The summed E-state index contributed by atoms with van der Waals surface area (Å²) < 4.78 is 27.1. The molecule has 1 aromatic carbocycles. The molecular formula is C16H19N3O3S2. The van der Waals surface area contributed by atoms with E-state index in [-0.39, 0.29) is 27.7 Å². The molecule has 0 saturated heterocycles. The van der Waals surface area contributed by atoms with Crippen LogP contribution >= 0.6 is 11.3 Å².